The topological polar surface area (TPSA) is 58.2 Å². The molecule has 0 saturated heterocycles. The van der Waals surface area contributed by atoms with Crippen molar-refractivity contribution in [1.29, 1.82) is 0 Å². The Labute approximate surface area is 119 Å². The predicted octanol–water partition coefficient (Wildman–Crippen LogP) is 3.41. The van der Waals surface area contributed by atoms with Crippen LogP contribution in [0.2, 0.25) is 0 Å². The molecule has 2 rings (SSSR count). The molecule has 1 aromatic rings. The third-order valence-electron chi connectivity index (χ3n) is 3.31. The SMILES string of the molecule is CC(C)CCC(=O)Nc1cccc(NC(=O)C2CC2)c1. The average Bonchev–Trinajstić information content (AvgIpc) is 3.21. The first-order chi connectivity index (χ1) is 9.54. The summed E-state index contributed by atoms with van der Waals surface area (Å²) in [6.07, 6.45) is 3.37. The number of nitrogens with one attached hydrogen (secondary N) is 2. The van der Waals surface area contributed by atoms with Crippen molar-refractivity contribution in [3.8, 4) is 0 Å². The van der Waals surface area contributed by atoms with Crippen LogP contribution in [0.15, 0.2) is 24.3 Å². The summed E-state index contributed by atoms with van der Waals surface area (Å²) in [7, 11) is 0. The predicted molar refractivity (Wildman–Crippen MR) is 80.5 cm³/mol. The zero-order valence-electron chi connectivity index (χ0n) is 12.1. The fraction of sp³-hybridized carbons (Fsp3) is 0.500. The van der Waals surface area contributed by atoms with Crippen LogP contribution in [0.25, 0.3) is 0 Å². The number of anilines is 2. The normalized spacial score (nSPS) is 14.2. The van der Waals surface area contributed by atoms with Gasteiger partial charge >= 0.3 is 0 Å². The molecule has 1 fully saturated rings. The summed E-state index contributed by atoms with van der Waals surface area (Å²) in [4.78, 5) is 23.5. The van der Waals surface area contributed by atoms with E-state index in [9.17, 15) is 9.59 Å². The number of carbonyl (C=O) groups excluding carboxylic acids is 2. The highest BCUT2D eigenvalue weighted by atomic mass is 16.2. The maximum Gasteiger partial charge on any atom is 0.227 e. The molecular weight excluding hydrogens is 252 g/mol. The van der Waals surface area contributed by atoms with E-state index in [2.05, 4.69) is 24.5 Å². The van der Waals surface area contributed by atoms with Crippen LogP contribution >= 0.6 is 0 Å². The van der Waals surface area contributed by atoms with Crippen LogP contribution in [0, 0.1) is 11.8 Å². The fourth-order valence-corrected chi connectivity index (χ4v) is 1.91. The van der Waals surface area contributed by atoms with Crippen molar-refractivity contribution < 1.29 is 9.59 Å². The lowest BCUT2D eigenvalue weighted by Crippen LogP contribution is -2.14. The second-order valence-electron chi connectivity index (χ2n) is 5.83. The third kappa shape index (κ3) is 4.68. The van der Waals surface area contributed by atoms with Gasteiger partial charge in [0.1, 0.15) is 0 Å². The highest BCUT2D eigenvalue weighted by molar-refractivity contribution is 5.95. The van der Waals surface area contributed by atoms with Crippen LogP contribution in [0.3, 0.4) is 0 Å². The van der Waals surface area contributed by atoms with Gasteiger partial charge in [0.05, 0.1) is 0 Å². The molecular formula is C16H22N2O2. The van der Waals surface area contributed by atoms with Gasteiger partial charge in [0.15, 0.2) is 0 Å². The molecule has 0 heterocycles. The molecule has 0 aliphatic heterocycles. The van der Waals surface area contributed by atoms with Crippen LogP contribution in [-0.4, -0.2) is 11.8 Å². The van der Waals surface area contributed by atoms with Gasteiger partial charge in [-0.25, -0.2) is 0 Å². The Balaban J connectivity index is 1.88. The molecule has 2 N–H and O–H groups in total. The van der Waals surface area contributed by atoms with Gasteiger partial charge in [-0.05, 0) is 43.4 Å². The molecule has 20 heavy (non-hydrogen) atoms. The molecule has 0 bridgehead atoms. The van der Waals surface area contributed by atoms with E-state index in [4.69, 9.17) is 0 Å². The molecule has 108 valence electrons. The number of carbonyl (C=O) groups is 2. The summed E-state index contributed by atoms with van der Waals surface area (Å²) >= 11 is 0. The lowest BCUT2D eigenvalue weighted by molar-refractivity contribution is -0.117. The summed E-state index contributed by atoms with van der Waals surface area (Å²) in [5, 5.41) is 5.74. The number of hydrogen-bond acceptors (Lipinski definition) is 2. The summed E-state index contributed by atoms with van der Waals surface area (Å²) in [5.74, 6) is 0.793. The van der Waals surface area contributed by atoms with Crippen LogP contribution in [0.1, 0.15) is 39.5 Å². The summed E-state index contributed by atoms with van der Waals surface area (Å²) in [5.41, 5.74) is 1.47. The van der Waals surface area contributed by atoms with Crippen molar-refractivity contribution in [2.24, 2.45) is 11.8 Å². The lowest BCUT2D eigenvalue weighted by Gasteiger charge is -2.09. The highest BCUT2D eigenvalue weighted by Gasteiger charge is 2.29. The minimum Gasteiger partial charge on any atom is -0.326 e. The van der Waals surface area contributed by atoms with Crippen LogP contribution in [0.5, 0.6) is 0 Å². The van der Waals surface area contributed by atoms with Gasteiger partial charge in [0, 0.05) is 23.7 Å². The molecule has 1 aliphatic rings. The van der Waals surface area contributed by atoms with Gasteiger partial charge in [0.2, 0.25) is 11.8 Å². The first-order valence-corrected chi connectivity index (χ1v) is 7.25. The molecule has 4 nitrogen and oxygen atoms in total. The second-order valence-corrected chi connectivity index (χ2v) is 5.83. The fourth-order valence-electron chi connectivity index (χ4n) is 1.91. The van der Waals surface area contributed by atoms with Crippen molar-refractivity contribution in [2.45, 2.75) is 39.5 Å². The minimum absolute atomic E-state index is 0.0179. The standard InChI is InChI=1S/C16H22N2O2/c1-11(2)6-9-15(19)17-13-4-3-5-14(10-13)18-16(20)12-7-8-12/h3-5,10-12H,6-9H2,1-2H3,(H,17,19)(H,18,20). The number of hydrogen-bond donors (Lipinski definition) is 2. The number of benzene rings is 1. The van der Waals surface area contributed by atoms with Gasteiger partial charge < -0.3 is 10.6 Å². The Kier molecular flexibility index (Phi) is 4.77. The Morgan fingerprint density at radius 2 is 1.85 bits per heavy atom. The van der Waals surface area contributed by atoms with Gasteiger partial charge in [-0.3, -0.25) is 9.59 Å². The van der Waals surface area contributed by atoms with Crippen LogP contribution in [0.4, 0.5) is 11.4 Å². The first-order valence-electron chi connectivity index (χ1n) is 7.25. The Morgan fingerprint density at radius 1 is 1.20 bits per heavy atom. The molecule has 0 spiro atoms. The average molecular weight is 274 g/mol. The maximum absolute atomic E-state index is 11.8. The molecule has 1 aliphatic carbocycles. The summed E-state index contributed by atoms with van der Waals surface area (Å²) in [6, 6.07) is 7.30. The van der Waals surface area contributed by atoms with Gasteiger partial charge in [-0.2, -0.15) is 0 Å². The van der Waals surface area contributed by atoms with Crippen molar-refractivity contribution >= 4 is 23.2 Å². The Morgan fingerprint density at radius 3 is 2.45 bits per heavy atom. The van der Waals surface area contributed by atoms with Crippen molar-refractivity contribution in [1.82, 2.24) is 0 Å². The molecule has 0 atom stereocenters. The monoisotopic (exact) mass is 274 g/mol. The largest absolute Gasteiger partial charge is 0.326 e. The van der Waals surface area contributed by atoms with E-state index in [0.29, 0.717) is 12.3 Å². The van der Waals surface area contributed by atoms with Gasteiger partial charge in [0.25, 0.3) is 0 Å². The highest BCUT2D eigenvalue weighted by Crippen LogP contribution is 2.30. The third-order valence-corrected chi connectivity index (χ3v) is 3.31. The van der Waals surface area contributed by atoms with E-state index in [0.717, 1.165) is 30.6 Å². The lowest BCUT2D eigenvalue weighted by atomic mass is 10.1. The van der Waals surface area contributed by atoms with Crippen LogP contribution < -0.4 is 10.6 Å². The van der Waals surface area contributed by atoms with Gasteiger partial charge in [-0.15, -0.1) is 0 Å². The smallest absolute Gasteiger partial charge is 0.227 e. The van der Waals surface area contributed by atoms with Crippen molar-refractivity contribution in [2.75, 3.05) is 10.6 Å². The van der Waals surface area contributed by atoms with Gasteiger partial charge in [-0.1, -0.05) is 19.9 Å². The summed E-state index contributed by atoms with van der Waals surface area (Å²) < 4.78 is 0. The molecule has 1 saturated carbocycles. The van der Waals surface area contributed by atoms with E-state index < -0.39 is 0 Å². The van der Waals surface area contributed by atoms with E-state index >= 15 is 0 Å². The van der Waals surface area contributed by atoms with Crippen molar-refractivity contribution in [3.63, 3.8) is 0 Å². The minimum atomic E-state index is 0.0179. The summed E-state index contributed by atoms with van der Waals surface area (Å²) in [6.45, 7) is 4.20. The number of rotatable bonds is 6. The molecule has 4 heteroatoms. The van der Waals surface area contributed by atoms with E-state index in [1.807, 2.05) is 18.2 Å². The van der Waals surface area contributed by atoms with Crippen LogP contribution in [-0.2, 0) is 9.59 Å². The zero-order valence-corrected chi connectivity index (χ0v) is 12.1. The van der Waals surface area contributed by atoms with E-state index in [-0.39, 0.29) is 17.7 Å². The Bertz CT molecular complexity index is 493. The molecule has 0 unspecified atom stereocenters. The molecule has 0 aromatic heterocycles. The molecule has 0 radical (unpaired) electrons. The molecule has 2 amide bonds. The van der Waals surface area contributed by atoms with E-state index in [1.165, 1.54) is 0 Å². The maximum atomic E-state index is 11.8. The molecule has 1 aromatic carbocycles. The number of amides is 2. The Hall–Kier alpha value is -1.84. The second kappa shape index (κ2) is 6.55. The van der Waals surface area contributed by atoms with Crippen molar-refractivity contribution in [3.05, 3.63) is 24.3 Å². The van der Waals surface area contributed by atoms with E-state index in [1.54, 1.807) is 6.07 Å². The zero-order chi connectivity index (χ0) is 14.5. The quantitative estimate of drug-likeness (QED) is 0.835. The first kappa shape index (κ1) is 14.6.